The van der Waals surface area contributed by atoms with Crippen molar-refractivity contribution in [3.63, 3.8) is 0 Å². The number of rotatable bonds is 3. The molecule has 0 spiro atoms. The molecule has 1 aromatic heterocycles. The molecule has 0 unspecified atom stereocenters. The van der Waals surface area contributed by atoms with Crippen LogP contribution < -0.4 is 5.32 Å². The van der Waals surface area contributed by atoms with Crippen LogP contribution in [-0.2, 0) is 4.74 Å². The zero-order valence-electron chi connectivity index (χ0n) is 14.3. The fourth-order valence-corrected chi connectivity index (χ4v) is 2.73. The van der Waals surface area contributed by atoms with E-state index in [4.69, 9.17) is 4.74 Å². The molecule has 0 saturated heterocycles. The Hall–Kier alpha value is -3.21. The Morgan fingerprint density at radius 2 is 1.76 bits per heavy atom. The molecule has 2 aromatic carbocycles. The number of hydrogen-bond acceptors (Lipinski definition) is 4. The second-order valence-electron chi connectivity index (χ2n) is 5.82. The number of aryl methyl sites for hydroxylation is 2. The first kappa shape index (κ1) is 16.6. The number of anilines is 1. The highest BCUT2D eigenvalue weighted by molar-refractivity contribution is 6.14. The first-order chi connectivity index (χ1) is 12.0. The van der Waals surface area contributed by atoms with Crippen LogP contribution in [0.2, 0.25) is 0 Å². The van der Waals surface area contributed by atoms with Crippen molar-refractivity contribution in [3.05, 3.63) is 70.9 Å². The number of benzene rings is 2. The van der Waals surface area contributed by atoms with Crippen LogP contribution >= 0.6 is 0 Å². The molecule has 0 aliphatic rings. The molecular weight excluding hydrogens is 316 g/mol. The average Bonchev–Trinajstić information content (AvgIpc) is 2.61. The van der Waals surface area contributed by atoms with E-state index >= 15 is 0 Å². The molecule has 0 saturated carbocycles. The fourth-order valence-electron chi connectivity index (χ4n) is 2.73. The molecule has 0 aliphatic carbocycles. The van der Waals surface area contributed by atoms with Gasteiger partial charge in [0.1, 0.15) is 0 Å². The lowest BCUT2D eigenvalue weighted by molar-refractivity contribution is 0.0602. The Balaban J connectivity index is 2.04. The molecule has 5 heteroatoms. The minimum absolute atomic E-state index is 0.294. The standard InChI is InChI=1S/C20H18N2O3/c1-12-8-9-18-15(10-12)16(11-13(2)21-18)19(23)22-17-7-5-4-6-14(17)20(24)25-3/h4-11H,1-3H3,(H,22,23). The molecule has 126 valence electrons. The first-order valence-electron chi connectivity index (χ1n) is 7.86. The third-order valence-corrected chi connectivity index (χ3v) is 3.92. The number of ether oxygens (including phenoxy) is 1. The number of pyridine rings is 1. The summed E-state index contributed by atoms with van der Waals surface area (Å²) in [6, 6.07) is 14.3. The summed E-state index contributed by atoms with van der Waals surface area (Å²) in [5, 5.41) is 3.59. The Morgan fingerprint density at radius 1 is 1.00 bits per heavy atom. The van der Waals surface area contributed by atoms with Crippen molar-refractivity contribution in [2.45, 2.75) is 13.8 Å². The van der Waals surface area contributed by atoms with Crippen LogP contribution in [0, 0.1) is 13.8 Å². The predicted octanol–water partition coefficient (Wildman–Crippen LogP) is 3.89. The SMILES string of the molecule is COC(=O)c1ccccc1NC(=O)c1cc(C)nc2ccc(C)cc12. The van der Waals surface area contributed by atoms with E-state index in [1.807, 2.05) is 32.0 Å². The Kier molecular flexibility index (Phi) is 4.48. The van der Waals surface area contributed by atoms with Gasteiger partial charge < -0.3 is 10.1 Å². The van der Waals surface area contributed by atoms with Crippen molar-refractivity contribution >= 4 is 28.5 Å². The van der Waals surface area contributed by atoms with Crippen molar-refractivity contribution in [2.24, 2.45) is 0 Å². The van der Waals surface area contributed by atoms with Crippen LogP contribution in [0.3, 0.4) is 0 Å². The normalized spacial score (nSPS) is 10.5. The monoisotopic (exact) mass is 334 g/mol. The summed E-state index contributed by atoms with van der Waals surface area (Å²) in [5.74, 6) is -0.792. The molecule has 5 nitrogen and oxygen atoms in total. The van der Waals surface area contributed by atoms with E-state index in [0.717, 1.165) is 22.2 Å². The van der Waals surface area contributed by atoms with Crippen molar-refractivity contribution < 1.29 is 14.3 Å². The summed E-state index contributed by atoms with van der Waals surface area (Å²) in [5.41, 5.74) is 3.80. The summed E-state index contributed by atoms with van der Waals surface area (Å²) in [7, 11) is 1.31. The van der Waals surface area contributed by atoms with Crippen LogP contribution in [0.25, 0.3) is 10.9 Å². The lowest BCUT2D eigenvalue weighted by Crippen LogP contribution is -2.16. The van der Waals surface area contributed by atoms with E-state index in [9.17, 15) is 9.59 Å². The Labute approximate surface area is 145 Å². The van der Waals surface area contributed by atoms with Gasteiger partial charge in [-0.05, 0) is 44.2 Å². The van der Waals surface area contributed by atoms with E-state index in [1.165, 1.54) is 7.11 Å². The van der Waals surface area contributed by atoms with Crippen LogP contribution in [0.15, 0.2) is 48.5 Å². The lowest BCUT2D eigenvalue weighted by Gasteiger charge is -2.12. The summed E-state index contributed by atoms with van der Waals surface area (Å²) < 4.78 is 4.77. The molecule has 0 atom stereocenters. The molecule has 3 rings (SSSR count). The maximum atomic E-state index is 12.9. The third-order valence-electron chi connectivity index (χ3n) is 3.92. The van der Waals surface area contributed by atoms with Gasteiger partial charge in [-0.1, -0.05) is 23.8 Å². The quantitative estimate of drug-likeness (QED) is 0.738. The molecule has 1 heterocycles. The van der Waals surface area contributed by atoms with Gasteiger partial charge in [0.25, 0.3) is 5.91 Å². The topological polar surface area (TPSA) is 68.3 Å². The van der Waals surface area contributed by atoms with Crippen molar-refractivity contribution in [1.29, 1.82) is 0 Å². The number of amides is 1. The minimum atomic E-state index is -0.498. The smallest absolute Gasteiger partial charge is 0.339 e. The molecule has 1 N–H and O–H groups in total. The summed E-state index contributed by atoms with van der Waals surface area (Å²) in [4.78, 5) is 29.2. The van der Waals surface area contributed by atoms with Gasteiger partial charge in [-0.25, -0.2) is 4.79 Å². The molecule has 0 bridgehead atoms. The zero-order valence-corrected chi connectivity index (χ0v) is 14.3. The number of carbonyl (C=O) groups excluding carboxylic acids is 2. The number of aromatic nitrogens is 1. The number of hydrogen-bond donors (Lipinski definition) is 1. The van der Waals surface area contributed by atoms with E-state index < -0.39 is 5.97 Å². The molecule has 25 heavy (non-hydrogen) atoms. The van der Waals surface area contributed by atoms with Crippen molar-refractivity contribution in [1.82, 2.24) is 4.98 Å². The van der Waals surface area contributed by atoms with Crippen LogP contribution in [-0.4, -0.2) is 24.0 Å². The van der Waals surface area contributed by atoms with Crippen LogP contribution in [0.1, 0.15) is 32.0 Å². The highest BCUT2D eigenvalue weighted by Gasteiger charge is 2.16. The van der Waals surface area contributed by atoms with E-state index in [-0.39, 0.29) is 5.91 Å². The van der Waals surface area contributed by atoms with Crippen LogP contribution in [0.4, 0.5) is 5.69 Å². The van der Waals surface area contributed by atoms with E-state index in [1.54, 1.807) is 30.3 Å². The van der Waals surface area contributed by atoms with Gasteiger partial charge in [-0.3, -0.25) is 9.78 Å². The summed E-state index contributed by atoms with van der Waals surface area (Å²) in [6.07, 6.45) is 0. The van der Waals surface area contributed by atoms with Gasteiger partial charge in [-0.2, -0.15) is 0 Å². The number of methoxy groups -OCH3 is 1. The lowest BCUT2D eigenvalue weighted by atomic mass is 10.0. The molecular formula is C20H18N2O3. The zero-order chi connectivity index (χ0) is 18.0. The van der Waals surface area contributed by atoms with Gasteiger partial charge in [0.15, 0.2) is 0 Å². The summed E-state index contributed by atoms with van der Waals surface area (Å²) >= 11 is 0. The molecule has 0 radical (unpaired) electrons. The highest BCUT2D eigenvalue weighted by atomic mass is 16.5. The largest absolute Gasteiger partial charge is 0.465 e. The Morgan fingerprint density at radius 3 is 2.52 bits per heavy atom. The summed E-state index contributed by atoms with van der Waals surface area (Å²) in [6.45, 7) is 3.81. The average molecular weight is 334 g/mol. The van der Waals surface area contributed by atoms with Gasteiger partial charge in [0, 0.05) is 11.1 Å². The van der Waals surface area contributed by atoms with Gasteiger partial charge in [0.05, 0.1) is 29.4 Å². The molecule has 0 fully saturated rings. The predicted molar refractivity (Wildman–Crippen MR) is 97.0 cm³/mol. The third kappa shape index (κ3) is 3.35. The molecule has 3 aromatic rings. The first-order valence-corrected chi connectivity index (χ1v) is 7.86. The second kappa shape index (κ2) is 6.73. The van der Waals surface area contributed by atoms with E-state index in [2.05, 4.69) is 10.3 Å². The minimum Gasteiger partial charge on any atom is -0.465 e. The van der Waals surface area contributed by atoms with E-state index in [0.29, 0.717) is 16.8 Å². The number of para-hydroxylation sites is 1. The van der Waals surface area contributed by atoms with Gasteiger partial charge >= 0.3 is 5.97 Å². The van der Waals surface area contributed by atoms with Gasteiger partial charge in [-0.15, -0.1) is 0 Å². The maximum Gasteiger partial charge on any atom is 0.339 e. The number of carbonyl (C=O) groups is 2. The van der Waals surface area contributed by atoms with Crippen LogP contribution in [0.5, 0.6) is 0 Å². The number of fused-ring (bicyclic) bond motifs is 1. The highest BCUT2D eigenvalue weighted by Crippen LogP contribution is 2.23. The second-order valence-corrected chi connectivity index (χ2v) is 5.82. The number of esters is 1. The van der Waals surface area contributed by atoms with Crippen molar-refractivity contribution in [3.8, 4) is 0 Å². The molecule has 1 amide bonds. The Bertz CT molecular complexity index is 980. The van der Waals surface area contributed by atoms with Crippen molar-refractivity contribution in [2.75, 3.05) is 12.4 Å². The molecule has 0 aliphatic heterocycles. The maximum absolute atomic E-state index is 12.9. The van der Waals surface area contributed by atoms with Gasteiger partial charge in [0.2, 0.25) is 0 Å². The fraction of sp³-hybridized carbons (Fsp3) is 0.150. The number of nitrogens with zero attached hydrogens (tertiary/aromatic N) is 1. The number of nitrogens with one attached hydrogen (secondary N) is 1.